The van der Waals surface area contributed by atoms with Crippen molar-refractivity contribution >= 4 is 11.3 Å². The van der Waals surface area contributed by atoms with Crippen LogP contribution in [0.15, 0.2) is 54.3 Å². The Hall–Kier alpha value is -2.07. The van der Waals surface area contributed by atoms with Crippen LogP contribution in [-0.4, -0.2) is 15.0 Å². The maximum absolute atomic E-state index is 4.29. The first-order valence-electron chi connectivity index (χ1n) is 5.21. The number of hydrogen-bond acceptors (Lipinski definition) is 4. The molecule has 3 rings (SSSR count). The summed E-state index contributed by atoms with van der Waals surface area (Å²) in [5, 5.41) is 2.86. The van der Waals surface area contributed by atoms with E-state index in [9.17, 15) is 0 Å². The molecule has 2 aromatic heterocycles. The molecule has 0 bridgehead atoms. The van der Waals surface area contributed by atoms with E-state index < -0.39 is 0 Å². The smallest absolute Gasteiger partial charge is 0.141 e. The second-order valence-electron chi connectivity index (χ2n) is 3.49. The van der Waals surface area contributed by atoms with E-state index in [4.69, 9.17) is 0 Å². The lowest BCUT2D eigenvalue weighted by Crippen LogP contribution is -1.88. The Morgan fingerprint density at radius 2 is 1.71 bits per heavy atom. The molecule has 1 aromatic carbocycles. The van der Waals surface area contributed by atoms with E-state index in [2.05, 4.69) is 15.0 Å². The van der Waals surface area contributed by atoms with Gasteiger partial charge in [-0.05, 0) is 6.07 Å². The van der Waals surface area contributed by atoms with Gasteiger partial charge in [0.05, 0.1) is 5.69 Å². The van der Waals surface area contributed by atoms with E-state index in [1.54, 1.807) is 23.9 Å². The SMILES string of the molecule is c1ccc(-c2cc(-c3nccs3)ncn2)cc1. The highest BCUT2D eigenvalue weighted by Gasteiger charge is 2.05. The fourth-order valence-corrected chi connectivity index (χ4v) is 2.20. The average Bonchev–Trinajstić information content (AvgIpc) is 2.94. The zero-order valence-electron chi connectivity index (χ0n) is 8.95. The Kier molecular flexibility index (Phi) is 2.63. The van der Waals surface area contributed by atoms with Gasteiger partial charge in [0.15, 0.2) is 0 Å². The third kappa shape index (κ3) is 2.07. The zero-order valence-corrected chi connectivity index (χ0v) is 9.76. The van der Waals surface area contributed by atoms with Gasteiger partial charge in [-0.1, -0.05) is 30.3 Å². The molecule has 0 aliphatic carbocycles. The van der Waals surface area contributed by atoms with Gasteiger partial charge in [-0.25, -0.2) is 15.0 Å². The minimum Gasteiger partial charge on any atom is -0.243 e. The van der Waals surface area contributed by atoms with E-state index in [0.29, 0.717) is 0 Å². The standard InChI is InChI=1S/C13H9N3S/c1-2-4-10(5-3-1)11-8-12(16-9-15-11)13-14-6-7-17-13/h1-9H. The first-order chi connectivity index (χ1) is 8.43. The fourth-order valence-electron chi connectivity index (χ4n) is 1.59. The molecule has 2 heterocycles. The van der Waals surface area contributed by atoms with Crippen LogP contribution in [0.5, 0.6) is 0 Å². The Morgan fingerprint density at radius 1 is 0.882 bits per heavy atom. The number of hydrogen-bond donors (Lipinski definition) is 0. The summed E-state index contributed by atoms with van der Waals surface area (Å²) in [5.41, 5.74) is 2.88. The number of aromatic nitrogens is 3. The summed E-state index contributed by atoms with van der Waals surface area (Å²) in [7, 11) is 0. The van der Waals surface area contributed by atoms with Crippen LogP contribution in [0.25, 0.3) is 22.0 Å². The number of thiazole rings is 1. The quantitative estimate of drug-likeness (QED) is 0.689. The minimum absolute atomic E-state index is 0.869. The molecule has 0 N–H and O–H groups in total. The van der Waals surface area contributed by atoms with Crippen molar-refractivity contribution in [2.24, 2.45) is 0 Å². The first kappa shape index (κ1) is 10.1. The van der Waals surface area contributed by atoms with Crippen LogP contribution >= 0.6 is 11.3 Å². The predicted molar refractivity (Wildman–Crippen MR) is 68.6 cm³/mol. The molecule has 0 aliphatic heterocycles. The van der Waals surface area contributed by atoms with Gasteiger partial charge in [-0.2, -0.15) is 0 Å². The van der Waals surface area contributed by atoms with Crippen molar-refractivity contribution in [3.05, 3.63) is 54.3 Å². The summed E-state index contributed by atoms with van der Waals surface area (Å²) in [6.45, 7) is 0. The van der Waals surface area contributed by atoms with Gasteiger partial charge in [0.25, 0.3) is 0 Å². The lowest BCUT2D eigenvalue weighted by molar-refractivity contribution is 1.17. The topological polar surface area (TPSA) is 38.7 Å². The molecule has 0 aliphatic rings. The first-order valence-corrected chi connectivity index (χ1v) is 6.09. The maximum atomic E-state index is 4.29. The highest BCUT2D eigenvalue weighted by molar-refractivity contribution is 7.13. The van der Waals surface area contributed by atoms with Crippen LogP contribution in [0.3, 0.4) is 0 Å². The monoisotopic (exact) mass is 239 g/mol. The van der Waals surface area contributed by atoms with Crippen LogP contribution < -0.4 is 0 Å². The number of rotatable bonds is 2. The van der Waals surface area contributed by atoms with Crippen LogP contribution in [-0.2, 0) is 0 Å². The third-order valence-electron chi connectivity index (χ3n) is 2.39. The highest BCUT2D eigenvalue weighted by Crippen LogP contribution is 2.23. The molecule has 17 heavy (non-hydrogen) atoms. The lowest BCUT2D eigenvalue weighted by Gasteiger charge is -2.01. The molecule has 0 saturated heterocycles. The lowest BCUT2D eigenvalue weighted by atomic mass is 10.1. The largest absolute Gasteiger partial charge is 0.243 e. The normalized spacial score (nSPS) is 10.4. The van der Waals surface area contributed by atoms with Crippen molar-refractivity contribution in [3.8, 4) is 22.0 Å². The second-order valence-corrected chi connectivity index (χ2v) is 4.39. The minimum atomic E-state index is 0.869. The van der Waals surface area contributed by atoms with Crippen molar-refractivity contribution in [2.75, 3.05) is 0 Å². The van der Waals surface area contributed by atoms with Crippen molar-refractivity contribution in [1.82, 2.24) is 15.0 Å². The molecule has 3 aromatic rings. The molecular formula is C13H9N3S. The molecule has 0 unspecified atom stereocenters. The van der Waals surface area contributed by atoms with Gasteiger partial charge < -0.3 is 0 Å². The van der Waals surface area contributed by atoms with Crippen molar-refractivity contribution in [3.63, 3.8) is 0 Å². The fraction of sp³-hybridized carbons (Fsp3) is 0. The summed E-state index contributed by atoms with van der Waals surface area (Å²) in [6, 6.07) is 12.0. The molecule has 0 spiro atoms. The van der Waals surface area contributed by atoms with Gasteiger partial charge in [0, 0.05) is 17.1 Å². The van der Waals surface area contributed by atoms with Gasteiger partial charge >= 0.3 is 0 Å². The zero-order chi connectivity index (χ0) is 11.5. The summed E-state index contributed by atoms with van der Waals surface area (Å²) in [4.78, 5) is 12.8. The molecule has 3 nitrogen and oxygen atoms in total. The van der Waals surface area contributed by atoms with Crippen molar-refractivity contribution in [1.29, 1.82) is 0 Å². The Bertz CT molecular complexity index is 606. The van der Waals surface area contributed by atoms with Crippen molar-refractivity contribution in [2.45, 2.75) is 0 Å². The number of nitrogens with zero attached hydrogens (tertiary/aromatic N) is 3. The van der Waals surface area contributed by atoms with Gasteiger partial charge in [-0.3, -0.25) is 0 Å². The van der Waals surface area contributed by atoms with Crippen LogP contribution in [0, 0.1) is 0 Å². The molecule has 4 heteroatoms. The molecule has 0 amide bonds. The van der Waals surface area contributed by atoms with Gasteiger partial charge in [0.1, 0.15) is 17.0 Å². The van der Waals surface area contributed by atoms with Crippen LogP contribution in [0.4, 0.5) is 0 Å². The second kappa shape index (κ2) is 4.43. The molecule has 0 fully saturated rings. The van der Waals surface area contributed by atoms with Crippen LogP contribution in [0.1, 0.15) is 0 Å². The Labute approximate surface area is 103 Å². The molecule has 0 saturated carbocycles. The van der Waals surface area contributed by atoms with Crippen LogP contribution in [0.2, 0.25) is 0 Å². The van der Waals surface area contributed by atoms with E-state index in [1.807, 2.05) is 41.8 Å². The molecule has 82 valence electrons. The average molecular weight is 239 g/mol. The Balaban J connectivity index is 2.06. The van der Waals surface area contributed by atoms with E-state index >= 15 is 0 Å². The van der Waals surface area contributed by atoms with Gasteiger partial charge in [-0.15, -0.1) is 11.3 Å². The van der Waals surface area contributed by atoms with Crippen molar-refractivity contribution < 1.29 is 0 Å². The maximum Gasteiger partial charge on any atom is 0.141 e. The summed E-state index contributed by atoms with van der Waals surface area (Å²) in [5.74, 6) is 0. The third-order valence-corrected chi connectivity index (χ3v) is 3.18. The predicted octanol–water partition coefficient (Wildman–Crippen LogP) is 3.27. The van der Waals surface area contributed by atoms with E-state index in [-0.39, 0.29) is 0 Å². The van der Waals surface area contributed by atoms with E-state index in [1.165, 1.54) is 0 Å². The summed E-state index contributed by atoms with van der Waals surface area (Å²) >= 11 is 1.58. The summed E-state index contributed by atoms with van der Waals surface area (Å²) in [6.07, 6.45) is 3.36. The van der Waals surface area contributed by atoms with E-state index in [0.717, 1.165) is 22.0 Å². The highest BCUT2D eigenvalue weighted by atomic mass is 32.1. The number of benzene rings is 1. The molecular weight excluding hydrogens is 230 g/mol. The molecule has 0 atom stereocenters. The summed E-state index contributed by atoms with van der Waals surface area (Å²) < 4.78 is 0. The molecule has 0 radical (unpaired) electrons. The van der Waals surface area contributed by atoms with Gasteiger partial charge in [0.2, 0.25) is 0 Å². The Morgan fingerprint density at radius 3 is 2.47 bits per heavy atom.